The van der Waals surface area contributed by atoms with E-state index in [0.29, 0.717) is 11.7 Å². The zero-order chi connectivity index (χ0) is 17.2. The van der Waals surface area contributed by atoms with Crippen LogP contribution in [0.25, 0.3) is 11.4 Å². The number of para-hydroxylation sites is 1. The number of fused-ring (bicyclic) bond motifs is 2. The van der Waals surface area contributed by atoms with Gasteiger partial charge in [-0.15, -0.1) is 11.8 Å². The van der Waals surface area contributed by atoms with Gasteiger partial charge in [-0.3, -0.25) is 0 Å². The normalized spacial score (nSPS) is 12.1. The standard InChI is InChI=1S/C20H18N2O2S/c1-3-25-20-16-12-14-6-4-5-7-17(14)24-19(16)21-18(22-20)13-8-10-15(23-2)11-9-13/h4-11H,3,12H2,1-2H3. The number of benzene rings is 2. The summed E-state index contributed by atoms with van der Waals surface area (Å²) in [6, 6.07) is 15.9. The van der Waals surface area contributed by atoms with Gasteiger partial charge in [0.2, 0.25) is 5.88 Å². The molecular formula is C20H18N2O2S. The summed E-state index contributed by atoms with van der Waals surface area (Å²) < 4.78 is 11.3. The monoisotopic (exact) mass is 350 g/mol. The molecule has 0 amide bonds. The van der Waals surface area contributed by atoms with Crippen LogP contribution in [0, 0.1) is 0 Å². The van der Waals surface area contributed by atoms with Crippen molar-refractivity contribution in [2.45, 2.75) is 18.4 Å². The molecule has 0 saturated carbocycles. The van der Waals surface area contributed by atoms with Gasteiger partial charge in [-0.1, -0.05) is 25.1 Å². The van der Waals surface area contributed by atoms with Gasteiger partial charge in [-0.2, -0.15) is 4.98 Å². The Kier molecular flexibility index (Phi) is 4.32. The first-order valence-corrected chi connectivity index (χ1v) is 9.21. The van der Waals surface area contributed by atoms with Crippen molar-refractivity contribution in [1.29, 1.82) is 0 Å². The molecule has 3 aromatic rings. The van der Waals surface area contributed by atoms with Gasteiger partial charge in [-0.05, 0) is 41.6 Å². The van der Waals surface area contributed by atoms with Gasteiger partial charge in [0.15, 0.2) is 5.82 Å². The molecule has 0 spiro atoms. The topological polar surface area (TPSA) is 44.2 Å². The minimum absolute atomic E-state index is 0.662. The zero-order valence-corrected chi connectivity index (χ0v) is 15.0. The van der Waals surface area contributed by atoms with E-state index in [4.69, 9.17) is 19.4 Å². The lowest BCUT2D eigenvalue weighted by Gasteiger charge is -2.21. The Morgan fingerprint density at radius 2 is 1.88 bits per heavy atom. The predicted molar refractivity (Wildman–Crippen MR) is 99.7 cm³/mol. The van der Waals surface area contributed by atoms with Gasteiger partial charge in [0.1, 0.15) is 16.5 Å². The Hall–Kier alpha value is -2.53. The molecule has 1 aromatic heterocycles. The second kappa shape index (κ2) is 6.76. The molecule has 1 aliphatic rings. The van der Waals surface area contributed by atoms with E-state index in [1.165, 1.54) is 5.56 Å². The molecule has 0 saturated heterocycles. The van der Waals surface area contributed by atoms with Crippen molar-refractivity contribution in [2.24, 2.45) is 0 Å². The summed E-state index contributed by atoms with van der Waals surface area (Å²) in [5.41, 5.74) is 3.19. The highest BCUT2D eigenvalue weighted by Gasteiger charge is 2.23. The van der Waals surface area contributed by atoms with Crippen molar-refractivity contribution < 1.29 is 9.47 Å². The molecule has 126 valence electrons. The van der Waals surface area contributed by atoms with Crippen LogP contribution in [0.2, 0.25) is 0 Å². The van der Waals surface area contributed by atoms with E-state index in [-0.39, 0.29) is 0 Å². The molecule has 0 bridgehead atoms. The maximum atomic E-state index is 6.08. The second-order valence-electron chi connectivity index (χ2n) is 5.68. The van der Waals surface area contributed by atoms with Crippen LogP contribution in [0.4, 0.5) is 0 Å². The third kappa shape index (κ3) is 3.07. The molecule has 4 rings (SSSR count). The number of ether oxygens (including phenoxy) is 2. The molecule has 0 radical (unpaired) electrons. The number of hydrogen-bond donors (Lipinski definition) is 0. The van der Waals surface area contributed by atoms with Gasteiger partial charge in [0.25, 0.3) is 0 Å². The van der Waals surface area contributed by atoms with Crippen molar-refractivity contribution >= 4 is 11.8 Å². The Morgan fingerprint density at radius 3 is 2.64 bits per heavy atom. The van der Waals surface area contributed by atoms with E-state index < -0.39 is 0 Å². The van der Waals surface area contributed by atoms with Crippen LogP contribution in [0.1, 0.15) is 18.1 Å². The summed E-state index contributed by atoms with van der Waals surface area (Å²) in [6.45, 7) is 2.13. The molecule has 0 fully saturated rings. The molecule has 1 aliphatic heterocycles. The van der Waals surface area contributed by atoms with Gasteiger partial charge >= 0.3 is 0 Å². The van der Waals surface area contributed by atoms with Crippen molar-refractivity contribution in [2.75, 3.05) is 12.9 Å². The van der Waals surface area contributed by atoms with Crippen LogP contribution in [0.3, 0.4) is 0 Å². The number of aromatic nitrogens is 2. The number of thioether (sulfide) groups is 1. The van der Waals surface area contributed by atoms with Gasteiger partial charge < -0.3 is 9.47 Å². The second-order valence-corrected chi connectivity index (χ2v) is 6.94. The minimum Gasteiger partial charge on any atom is -0.497 e. The van der Waals surface area contributed by atoms with Crippen molar-refractivity contribution in [1.82, 2.24) is 9.97 Å². The summed E-state index contributed by atoms with van der Waals surface area (Å²) in [6.07, 6.45) is 0.802. The minimum atomic E-state index is 0.662. The van der Waals surface area contributed by atoms with Crippen LogP contribution >= 0.6 is 11.8 Å². The molecule has 2 aromatic carbocycles. The average Bonchev–Trinajstić information content (AvgIpc) is 2.66. The van der Waals surface area contributed by atoms with Crippen molar-refractivity contribution in [3.05, 3.63) is 59.7 Å². The molecule has 0 atom stereocenters. The molecule has 4 nitrogen and oxygen atoms in total. The third-order valence-electron chi connectivity index (χ3n) is 4.11. The number of hydrogen-bond acceptors (Lipinski definition) is 5. The van der Waals surface area contributed by atoms with E-state index in [9.17, 15) is 0 Å². The molecule has 2 heterocycles. The maximum absolute atomic E-state index is 6.08. The summed E-state index contributed by atoms with van der Waals surface area (Å²) in [7, 11) is 1.66. The smallest absolute Gasteiger partial charge is 0.227 e. The summed E-state index contributed by atoms with van der Waals surface area (Å²) in [5.74, 6) is 3.98. The Morgan fingerprint density at radius 1 is 1.08 bits per heavy atom. The molecule has 0 aliphatic carbocycles. The number of rotatable bonds is 4. The van der Waals surface area contributed by atoms with Crippen LogP contribution in [0.5, 0.6) is 17.4 Å². The SMILES string of the molecule is CCSc1nc(-c2ccc(OC)cc2)nc2c1Cc1ccccc1O2. The first-order valence-electron chi connectivity index (χ1n) is 8.22. The predicted octanol–water partition coefficient (Wildman–Crippen LogP) is 4.96. The fourth-order valence-corrected chi connectivity index (χ4v) is 3.61. The highest BCUT2D eigenvalue weighted by molar-refractivity contribution is 7.99. The third-order valence-corrected chi connectivity index (χ3v) is 5.01. The van der Waals surface area contributed by atoms with Crippen LogP contribution in [-0.4, -0.2) is 22.8 Å². The maximum Gasteiger partial charge on any atom is 0.227 e. The van der Waals surface area contributed by atoms with Crippen molar-refractivity contribution in [3.63, 3.8) is 0 Å². The fourth-order valence-electron chi connectivity index (χ4n) is 2.85. The Balaban J connectivity index is 1.79. The van der Waals surface area contributed by atoms with Crippen molar-refractivity contribution in [3.8, 4) is 28.8 Å². The summed E-state index contributed by atoms with van der Waals surface area (Å²) in [4.78, 5) is 9.50. The molecule has 0 unspecified atom stereocenters. The molecular weight excluding hydrogens is 332 g/mol. The van der Waals surface area contributed by atoms with E-state index in [0.717, 1.165) is 39.8 Å². The lowest BCUT2D eigenvalue weighted by Crippen LogP contribution is -2.09. The Bertz CT molecular complexity index is 910. The lowest BCUT2D eigenvalue weighted by atomic mass is 10.0. The first kappa shape index (κ1) is 16.0. The van der Waals surface area contributed by atoms with Crippen LogP contribution < -0.4 is 9.47 Å². The number of methoxy groups -OCH3 is 1. The highest BCUT2D eigenvalue weighted by atomic mass is 32.2. The Labute approximate surface area is 151 Å². The van der Waals surface area contributed by atoms with Gasteiger partial charge in [0.05, 0.1) is 12.7 Å². The van der Waals surface area contributed by atoms with Gasteiger partial charge in [-0.25, -0.2) is 4.98 Å². The summed E-state index contributed by atoms with van der Waals surface area (Å²) >= 11 is 1.73. The van der Waals surface area contributed by atoms with E-state index >= 15 is 0 Å². The quantitative estimate of drug-likeness (QED) is 0.384. The first-order chi connectivity index (χ1) is 12.3. The van der Waals surface area contributed by atoms with Crippen LogP contribution in [0.15, 0.2) is 53.6 Å². The lowest BCUT2D eigenvalue weighted by molar-refractivity contribution is 0.415. The fraction of sp³-hybridized carbons (Fsp3) is 0.200. The van der Waals surface area contributed by atoms with E-state index in [2.05, 4.69) is 13.0 Å². The van der Waals surface area contributed by atoms with E-state index in [1.807, 2.05) is 42.5 Å². The molecule has 5 heteroatoms. The van der Waals surface area contributed by atoms with E-state index in [1.54, 1.807) is 18.9 Å². The highest BCUT2D eigenvalue weighted by Crippen LogP contribution is 2.40. The zero-order valence-electron chi connectivity index (χ0n) is 14.2. The van der Waals surface area contributed by atoms with Gasteiger partial charge in [0, 0.05) is 12.0 Å². The average molecular weight is 350 g/mol. The van der Waals surface area contributed by atoms with Crippen LogP contribution in [-0.2, 0) is 6.42 Å². The number of nitrogens with zero attached hydrogens (tertiary/aromatic N) is 2. The molecule has 25 heavy (non-hydrogen) atoms. The molecule has 0 N–H and O–H groups in total. The largest absolute Gasteiger partial charge is 0.497 e. The summed E-state index contributed by atoms with van der Waals surface area (Å²) in [5, 5.41) is 0.993.